The summed E-state index contributed by atoms with van der Waals surface area (Å²) in [6, 6.07) is 8.64. The van der Waals surface area contributed by atoms with Crippen molar-refractivity contribution in [2.45, 2.75) is 11.1 Å². The fourth-order valence-electron chi connectivity index (χ4n) is 2.94. The molecule has 0 atom stereocenters. The lowest BCUT2D eigenvalue weighted by molar-refractivity contribution is -0.136. The molecule has 0 aliphatic rings. The highest BCUT2D eigenvalue weighted by Crippen LogP contribution is 2.36. The van der Waals surface area contributed by atoms with E-state index >= 15 is 0 Å². The van der Waals surface area contributed by atoms with Gasteiger partial charge in [0.25, 0.3) is 5.91 Å². The Kier molecular flexibility index (Phi) is 5.92. The molecule has 0 unspecified atom stereocenters. The van der Waals surface area contributed by atoms with Crippen LogP contribution in [0.2, 0.25) is 0 Å². The molecule has 0 saturated heterocycles. The van der Waals surface area contributed by atoms with E-state index in [1.54, 1.807) is 0 Å². The van der Waals surface area contributed by atoms with Crippen LogP contribution in [0.15, 0.2) is 53.6 Å². The van der Waals surface area contributed by atoms with E-state index in [1.807, 2.05) is 0 Å². The molecular formula is C20H18F3N3O4S. The monoisotopic (exact) mass is 453 g/mol. The van der Waals surface area contributed by atoms with Crippen molar-refractivity contribution >= 4 is 32.5 Å². The van der Waals surface area contributed by atoms with Crippen LogP contribution in [-0.2, 0) is 16.2 Å². The van der Waals surface area contributed by atoms with E-state index in [-0.39, 0.29) is 32.8 Å². The number of para-hydroxylation sites is 1. The van der Waals surface area contributed by atoms with Gasteiger partial charge < -0.3 is 10.1 Å². The highest BCUT2D eigenvalue weighted by molar-refractivity contribution is 7.89. The molecule has 3 aromatic rings. The smallest absolute Gasteiger partial charge is 0.418 e. The van der Waals surface area contributed by atoms with Gasteiger partial charge in [0, 0.05) is 25.7 Å². The molecule has 0 saturated carbocycles. The van der Waals surface area contributed by atoms with Gasteiger partial charge in [-0.25, -0.2) is 12.7 Å². The van der Waals surface area contributed by atoms with E-state index in [0.717, 1.165) is 22.6 Å². The molecule has 164 valence electrons. The van der Waals surface area contributed by atoms with Crippen LogP contribution in [0.4, 0.5) is 18.9 Å². The first-order valence-electron chi connectivity index (χ1n) is 8.83. The number of halogens is 3. The minimum Gasteiger partial charge on any atom is -0.496 e. The van der Waals surface area contributed by atoms with Gasteiger partial charge >= 0.3 is 6.18 Å². The molecule has 1 aromatic heterocycles. The number of carbonyl (C=O) groups is 1. The van der Waals surface area contributed by atoms with Crippen molar-refractivity contribution in [3.8, 4) is 5.75 Å². The summed E-state index contributed by atoms with van der Waals surface area (Å²) in [4.78, 5) is 16.6. The van der Waals surface area contributed by atoms with Crippen molar-refractivity contribution in [3.63, 3.8) is 0 Å². The van der Waals surface area contributed by atoms with E-state index in [1.165, 1.54) is 51.5 Å². The van der Waals surface area contributed by atoms with E-state index in [9.17, 15) is 26.4 Å². The number of methoxy groups -OCH3 is 1. The van der Waals surface area contributed by atoms with Gasteiger partial charge in [-0.2, -0.15) is 13.2 Å². The molecule has 3 rings (SSSR count). The van der Waals surface area contributed by atoms with Gasteiger partial charge in [0.2, 0.25) is 10.0 Å². The van der Waals surface area contributed by atoms with Gasteiger partial charge in [0.15, 0.2) is 0 Å². The predicted molar refractivity (Wildman–Crippen MR) is 109 cm³/mol. The number of anilines is 1. The van der Waals surface area contributed by atoms with Crippen molar-refractivity contribution in [2.24, 2.45) is 0 Å². The number of hydrogen-bond donors (Lipinski definition) is 1. The fourth-order valence-corrected chi connectivity index (χ4v) is 3.87. The number of carbonyl (C=O) groups excluding carboxylic acids is 1. The maximum atomic E-state index is 13.3. The van der Waals surface area contributed by atoms with Crippen molar-refractivity contribution in [2.75, 3.05) is 26.5 Å². The Balaban J connectivity index is 2.07. The summed E-state index contributed by atoms with van der Waals surface area (Å²) in [5.74, 6) is -0.651. The van der Waals surface area contributed by atoms with Crippen LogP contribution >= 0.6 is 0 Å². The maximum Gasteiger partial charge on any atom is 0.418 e. The lowest BCUT2D eigenvalue weighted by Crippen LogP contribution is -2.23. The lowest BCUT2D eigenvalue weighted by Gasteiger charge is -2.15. The first kappa shape index (κ1) is 22.5. The second-order valence-electron chi connectivity index (χ2n) is 6.66. The number of rotatable bonds is 5. The Morgan fingerprint density at radius 1 is 1.13 bits per heavy atom. The Morgan fingerprint density at radius 3 is 2.45 bits per heavy atom. The van der Waals surface area contributed by atoms with Crippen LogP contribution in [-0.4, -0.2) is 44.8 Å². The van der Waals surface area contributed by atoms with Crippen molar-refractivity contribution < 1.29 is 31.1 Å². The molecule has 0 aliphatic carbocycles. The van der Waals surface area contributed by atoms with Crippen molar-refractivity contribution in [1.82, 2.24) is 9.29 Å². The van der Waals surface area contributed by atoms with Crippen LogP contribution in [0, 0.1) is 0 Å². The second kappa shape index (κ2) is 8.16. The van der Waals surface area contributed by atoms with Crippen molar-refractivity contribution in [1.29, 1.82) is 0 Å². The zero-order valence-electron chi connectivity index (χ0n) is 16.7. The minimum atomic E-state index is -4.62. The average Bonchev–Trinajstić information content (AvgIpc) is 2.72. The molecule has 0 fully saturated rings. The van der Waals surface area contributed by atoms with Crippen LogP contribution in [0.3, 0.4) is 0 Å². The zero-order chi connectivity index (χ0) is 23.0. The molecule has 7 nitrogen and oxygen atoms in total. The number of benzene rings is 2. The quantitative estimate of drug-likeness (QED) is 0.636. The summed E-state index contributed by atoms with van der Waals surface area (Å²) < 4.78 is 70.8. The van der Waals surface area contributed by atoms with Crippen molar-refractivity contribution in [3.05, 3.63) is 59.8 Å². The molecule has 2 aromatic carbocycles. The van der Waals surface area contributed by atoms with Gasteiger partial charge in [-0.3, -0.25) is 9.78 Å². The molecule has 11 heteroatoms. The third-order valence-corrected chi connectivity index (χ3v) is 6.33. The van der Waals surface area contributed by atoms with Gasteiger partial charge in [0.1, 0.15) is 5.75 Å². The molecule has 1 N–H and O–H groups in total. The first-order valence-corrected chi connectivity index (χ1v) is 10.3. The van der Waals surface area contributed by atoms with Crippen LogP contribution in [0.1, 0.15) is 15.9 Å². The molecule has 1 heterocycles. The molecule has 31 heavy (non-hydrogen) atoms. The Morgan fingerprint density at radius 2 is 1.84 bits per heavy atom. The number of amides is 1. The van der Waals surface area contributed by atoms with E-state index in [4.69, 9.17) is 4.74 Å². The standard InChI is InChI=1S/C20H18F3N3O4S/c1-26(2)31(28,29)12-7-8-17(30-3)14(11-12)19(27)25-16-9-10-24-18-13(16)5-4-6-15(18)20(21,22)23/h4-11H,1-3H3,(H,24,25,27). The number of fused-ring (bicyclic) bond motifs is 1. The SMILES string of the molecule is COc1ccc(S(=O)(=O)N(C)C)cc1C(=O)Nc1ccnc2c(C(F)(F)F)cccc12. The summed E-state index contributed by atoms with van der Waals surface area (Å²) in [5.41, 5.74) is -1.26. The summed E-state index contributed by atoms with van der Waals surface area (Å²) >= 11 is 0. The largest absolute Gasteiger partial charge is 0.496 e. The zero-order valence-corrected chi connectivity index (χ0v) is 17.5. The molecular weight excluding hydrogens is 435 g/mol. The third kappa shape index (κ3) is 4.32. The third-order valence-electron chi connectivity index (χ3n) is 4.52. The van der Waals surface area contributed by atoms with Crippen LogP contribution < -0.4 is 10.1 Å². The topological polar surface area (TPSA) is 88.6 Å². The second-order valence-corrected chi connectivity index (χ2v) is 8.81. The molecule has 1 amide bonds. The van der Waals surface area contributed by atoms with Crippen LogP contribution in [0.5, 0.6) is 5.75 Å². The van der Waals surface area contributed by atoms with Gasteiger partial charge in [-0.15, -0.1) is 0 Å². The minimum absolute atomic E-state index is 0.0849. The fraction of sp³-hybridized carbons (Fsp3) is 0.200. The number of pyridine rings is 1. The Bertz CT molecular complexity index is 1260. The summed E-state index contributed by atoms with van der Waals surface area (Å²) in [6.45, 7) is 0. The molecule has 0 spiro atoms. The van der Waals surface area contributed by atoms with Gasteiger partial charge in [0.05, 0.1) is 34.3 Å². The number of ether oxygens (including phenoxy) is 1. The number of aromatic nitrogens is 1. The van der Waals surface area contributed by atoms with E-state index in [0.29, 0.717) is 0 Å². The molecule has 0 aliphatic heterocycles. The normalized spacial score (nSPS) is 12.2. The summed E-state index contributed by atoms with van der Waals surface area (Å²) in [7, 11) is 0.180. The number of hydrogen-bond acceptors (Lipinski definition) is 5. The highest BCUT2D eigenvalue weighted by Gasteiger charge is 2.33. The summed E-state index contributed by atoms with van der Waals surface area (Å²) in [6.07, 6.45) is -3.47. The lowest BCUT2D eigenvalue weighted by atomic mass is 10.1. The van der Waals surface area contributed by atoms with Gasteiger partial charge in [-0.05, 0) is 30.3 Å². The van der Waals surface area contributed by atoms with Crippen LogP contribution in [0.25, 0.3) is 10.9 Å². The molecule has 0 radical (unpaired) electrons. The first-order chi connectivity index (χ1) is 14.5. The molecule has 0 bridgehead atoms. The van der Waals surface area contributed by atoms with E-state index in [2.05, 4.69) is 10.3 Å². The predicted octanol–water partition coefficient (Wildman–Crippen LogP) is 3.76. The maximum absolute atomic E-state index is 13.3. The number of alkyl halides is 3. The summed E-state index contributed by atoms with van der Waals surface area (Å²) in [5, 5.41) is 2.61. The average molecular weight is 453 g/mol. The van der Waals surface area contributed by atoms with Gasteiger partial charge in [-0.1, -0.05) is 12.1 Å². The number of nitrogens with one attached hydrogen (secondary N) is 1. The Labute approximate surface area is 176 Å². The highest BCUT2D eigenvalue weighted by atomic mass is 32.2. The Hall–Kier alpha value is -3.18. The number of nitrogens with zero attached hydrogens (tertiary/aromatic N) is 2. The number of sulfonamides is 1. The van der Waals surface area contributed by atoms with E-state index < -0.39 is 27.7 Å².